The molecule has 0 aliphatic carbocycles. The first-order chi connectivity index (χ1) is 13.9. The van der Waals surface area contributed by atoms with Gasteiger partial charge in [0.25, 0.3) is 5.91 Å². The van der Waals surface area contributed by atoms with Crippen LogP contribution >= 0.6 is 11.8 Å². The molecular formula is C20H19N5O3S. The zero-order chi connectivity index (χ0) is 20.8. The van der Waals surface area contributed by atoms with Gasteiger partial charge in [-0.25, -0.2) is 0 Å². The molecule has 2 amide bonds. The molecule has 3 rings (SSSR count). The van der Waals surface area contributed by atoms with E-state index in [1.54, 1.807) is 66.5 Å². The molecular weight excluding hydrogens is 390 g/mol. The topological polar surface area (TPSA) is 106 Å². The maximum atomic E-state index is 12.5. The summed E-state index contributed by atoms with van der Waals surface area (Å²) < 4.78 is 1.73. The van der Waals surface area contributed by atoms with E-state index in [-0.39, 0.29) is 23.4 Å². The van der Waals surface area contributed by atoms with Crippen LogP contribution in [0.25, 0.3) is 0 Å². The Kier molecular flexibility index (Phi) is 6.40. The van der Waals surface area contributed by atoms with E-state index >= 15 is 0 Å². The number of carbonyl (C=O) groups excluding carboxylic acids is 3. The van der Waals surface area contributed by atoms with Crippen molar-refractivity contribution >= 4 is 40.7 Å². The Morgan fingerprint density at radius 1 is 1.00 bits per heavy atom. The molecule has 2 aromatic carbocycles. The molecule has 0 bridgehead atoms. The van der Waals surface area contributed by atoms with Crippen LogP contribution in [0, 0.1) is 0 Å². The molecule has 1 aromatic heterocycles. The number of aromatic nitrogens is 3. The molecule has 9 heteroatoms. The summed E-state index contributed by atoms with van der Waals surface area (Å²) in [5.41, 5.74) is 1.94. The average Bonchev–Trinajstić information content (AvgIpc) is 3.11. The van der Waals surface area contributed by atoms with Crippen molar-refractivity contribution in [3.63, 3.8) is 0 Å². The number of hydrogen-bond acceptors (Lipinski definition) is 6. The summed E-state index contributed by atoms with van der Waals surface area (Å²) in [7, 11) is 1.80. The largest absolute Gasteiger partial charge is 0.325 e. The van der Waals surface area contributed by atoms with E-state index in [9.17, 15) is 14.4 Å². The minimum absolute atomic E-state index is 0.0787. The molecule has 0 aliphatic rings. The van der Waals surface area contributed by atoms with Gasteiger partial charge >= 0.3 is 0 Å². The van der Waals surface area contributed by atoms with Crippen LogP contribution in [0.4, 0.5) is 11.4 Å². The normalized spacial score (nSPS) is 10.4. The van der Waals surface area contributed by atoms with Crippen molar-refractivity contribution in [2.45, 2.75) is 12.1 Å². The van der Waals surface area contributed by atoms with Gasteiger partial charge in [-0.1, -0.05) is 30.0 Å². The predicted molar refractivity (Wildman–Crippen MR) is 111 cm³/mol. The highest BCUT2D eigenvalue weighted by molar-refractivity contribution is 7.99. The third-order valence-corrected chi connectivity index (χ3v) is 4.97. The molecule has 0 unspecified atom stereocenters. The Hall–Kier alpha value is -3.46. The van der Waals surface area contributed by atoms with E-state index in [2.05, 4.69) is 20.8 Å². The van der Waals surface area contributed by atoms with Gasteiger partial charge in [-0.05, 0) is 37.3 Å². The van der Waals surface area contributed by atoms with Crippen LogP contribution in [0.15, 0.2) is 60.0 Å². The van der Waals surface area contributed by atoms with Crippen molar-refractivity contribution in [1.82, 2.24) is 14.8 Å². The summed E-state index contributed by atoms with van der Waals surface area (Å²) in [4.78, 5) is 36.2. The molecule has 1 heterocycles. The van der Waals surface area contributed by atoms with Gasteiger partial charge in [0.1, 0.15) is 6.33 Å². The minimum atomic E-state index is -0.338. The molecule has 2 N–H and O–H groups in total. The van der Waals surface area contributed by atoms with Crippen molar-refractivity contribution in [3.8, 4) is 0 Å². The second-order valence-corrected chi connectivity index (χ2v) is 7.18. The van der Waals surface area contributed by atoms with Gasteiger partial charge in [0.15, 0.2) is 10.9 Å². The van der Waals surface area contributed by atoms with E-state index in [1.165, 1.54) is 18.7 Å². The predicted octanol–water partition coefficient (Wildman–Crippen LogP) is 3.00. The van der Waals surface area contributed by atoms with Gasteiger partial charge in [-0.3, -0.25) is 14.4 Å². The number of nitrogens with one attached hydrogen (secondary N) is 2. The third kappa shape index (κ3) is 5.52. The number of amides is 2. The Bertz CT molecular complexity index is 1060. The lowest BCUT2D eigenvalue weighted by Gasteiger charge is -2.09. The number of rotatable bonds is 7. The van der Waals surface area contributed by atoms with Gasteiger partial charge in [0, 0.05) is 29.5 Å². The second-order valence-electron chi connectivity index (χ2n) is 6.23. The summed E-state index contributed by atoms with van der Waals surface area (Å²) in [6.45, 7) is 1.47. The van der Waals surface area contributed by atoms with Crippen LogP contribution < -0.4 is 10.6 Å². The number of Topliss-reactive ketones (excluding diaryl/α,β-unsaturated/α-hetero) is 1. The lowest BCUT2D eigenvalue weighted by Crippen LogP contribution is -2.16. The standard InChI is InChI=1S/C20H19N5O3S/c1-13(26)14-5-3-8-17(9-14)23-19(28)15-6-4-7-16(10-15)22-18(27)11-29-20-24-21-12-25(20)2/h3-10,12H,11H2,1-2H3,(H,22,27)(H,23,28). The Morgan fingerprint density at radius 3 is 2.31 bits per heavy atom. The lowest BCUT2D eigenvalue weighted by atomic mass is 10.1. The summed E-state index contributed by atoms with van der Waals surface area (Å²) >= 11 is 1.27. The molecule has 0 fully saturated rings. The third-order valence-electron chi connectivity index (χ3n) is 3.94. The summed E-state index contributed by atoms with van der Waals surface area (Å²) in [5, 5.41) is 13.8. The fourth-order valence-corrected chi connectivity index (χ4v) is 3.18. The number of nitrogens with zero attached hydrogens (tertiary/aromatic N) is 3. The van der Waals surface area contributed by atoms with Crippen molar-refractivity contribution < 1.29 is 14.4 Å². The molecule has 0 saturated carbocycles. The number of hydrogen-bond donors (Lipinski definition) is 2. The van der Waals surface area contributed by atoms with Crippen LogP contribution in [0.3, 0.4) is 0 Å². The molecule has 3 aromatic rings. The smallest absolute Gasteiger partial charge is 0.255 e. The van der Waals surface area contributed by atoms with Gasteiger partial charge in [0.2, 0.25) is 5.91 Å². The molecule has 148 valence electrons. The Morgan fingerprint density at radius 2 is 1.66 bits per heavy atom. The number of anilines is 2. The quantitative estimate of drug-likeness (QED) is 0.459. The number of aryl methyl sites for hydroxylation is 1. The zero-order valence-electron chi connectivity index (χ0n) is 15.9. The Balaban J connectivity index is 1.62. The van der Waals surface area contributed by atoms with E-state index in [0.29, 0.717) is 27.7 Å². The van der Waals surface area contributed by atoms with Gasteiger partial charge < -0.3 is 15.2 Å². The number of benzene rings is 2. The molecule has 8 nitrogen and oxygen atoms in total. The molecule has 0 saturated heterocycles. The first-order valence-corrected chi connectivity index (χ1v) is 9.70. The zero-order valence-corrected chi connectivity index (χ0v) is 16.7. The summed E-state index contributed by atoms with van der Waals surface area (Å²) in [6.07, 6.45) is 1.56. The fraction of sp³-hybridized carbons (Fsp3) is 0.150. The molecule has 0 aliphatic heterocycles. The van der Waals surface area contributed by atoms with E-state index in [1.807, 2.05) is 0 Å². The highest BCUT2D eigenvalue weighted by Gasteiger charge is 2.11. The monoisotopic (exact) mass is 409 g/mol. The van der Waals surface area contributed by atoms with Crippen molar-refractivity contribution in [2.24, 2.45) is 7.05 Å². The first-order valence-electron chi connectivity index (χ1n) is 8.71. The summed E-state index contributed by atoms with van der Waals surface area (Å²) in [6, 6.07) is 13.4. The lowest BCUT2D eigenvalue weighted by molar-refractivity contribution is -0.113. The van der Waals surface area contributed by atoms with E-state index in [4.69, 9.17) is 0 Å². The molecule has 0 radical (unpaired) electrons. The van der Waals surface area contributed by atoms with Gasteiger partial charge in [0.05, 0.1) is 5.75 Å². The molecule has 29 heavy (non-hydrogen) atoms. The first kappa shape index (κ1) is 20.3. The fourth-order valence-electron chi connectivity index (χ4n) is 2.49. The number of carbonyl (C=O) groups is 3. The van der Waals surface area contributed by atoms with Crippen LogP contribution in [0.5, 0.6) is 0 Å². The number of ketones is 1. The van der Waals surface area contributed by atoms with Crippen LogP contribution in [-0.2, 0) is 11.8 Å². The maximum Gasteiger partial charge on any atom is 0.255 e. The van der Waals surface area contributed by atoms with Gasteiger partial charge in [-0.2, -0.15) is 0 Å². The van der Waals surface area contributed by atoms with Crippen molar-refractivity contribution in [3.05, 3.63) is 66.0 Å². The van der Waals surface area contributed by atoms with Crippen LogP contribution in [-0.4, -0.2) is 38.1 Å². The van der Waals surface area contributed by atoms with Crippen molar-refractivity contribution in [2.75, 3.05) is 16.4 Å². The highest BCUT2D eigenvalue weighted by atomic mass is 32.2. The average molecular weight is 409 g/mol. The SMILES string of the molecule is CC(=O)c1cccc(NC(=O)c2cccc(NC(=O)CSc3nncn3C)c2)c1. The van der Waals surface area contributed by atoms with Crippen molar-refractivity contribution in [1.29, 1.82) is 0 Å². The van der Waals surface area contributed by atoms with Crippen LogP contribution in [0.1, 0.15) is 27.6 Å². The minimum Gasteiger partial charge on any atom is -0.325 e. The van der Waals surface area contributed by atoms with Crippen LogP contribution in [0.2, 0.25) is 0 Å². The summed E-state index contributed by atoms with van der Waals surface area (Å²) in [5.74, 6) is -0.467. The maximum absolute atomic E-state index is 12.5. The molecule has 0 atom stereocenters. The molecule has 0 spiro atoms. The van der Waals surface area contributed by atoms with E-state index < -0.39 is 0 Å². The number of thioether (sulfide) groups is 1. The second kappa shape index (κ2) is 9.16. The highest BCUT2D eigenvalue weighted by Crippen LogP contribution is 2.17. The van der Waals surface area contributed by atoms with E-state index in [0.717, 1.165) is 0 Å². The van der Waals surface area contributed by atoms with Gasteiger partial charge in [-0.15, -0.1) is 10.2 Å². The Labute approximate surface area is 171 Å².